The van der Waals surface area contributed by atoms with Gasteiger partial charge in [0, 0.05) is 53.8 Å². The lowest BCUT2D eigenvalue weighted by molar-refractivity contribution is 0.233. The van der Waals surface area contributed by atoms with E-state index in [-0.39, 0.29) is 0 Å². The molecule has 0 aliphatic rings. The zero-order valence-corrected chi connectivity index (χ0v) is 27.6. The molecule has 0 atom stereocenters. The van der Waals surface area contributed by atoms with Gasteiger partial charge in [-0.15, -0.1) is 0 Å². The quantitative estimate of drug-likeness (QED) is 0.172. The van der Waals surface area contributed by atoms with Crippen LogP contribution in [0.1, 0.15) is 33.4 Å². The van der Waals surface area contributed by atoms with Crippen molar-refractivity contribution < 1.29 is 5.11 Å². The third kappa shape index (κ3) is 6.40. The Balaban J connectivity index is 1.31. The minimum atomic E-state index is 0.400. The van der Waals surface area contributed by atoms with Crippen molar-refractivity contribution in [3.05, 3.63) is 130 Å². The van der Waals surface area contributed by atoms with Crippen LogP contribution in [0.3, 0.4) is 0 Å². The summed E-state index contributed by atoms with van der Waals surface area (Å²) in [7, 11) is 4.25. The van der Waals surface area contributed by atoms with Gasteiger partial charge in [-0.05, 0) is 112 Å². The smallest absolute Gasteiger partial charge is 0.127 e. The van der Waals surface area contributed by atoms with Crippen molar-refractivity contribution >= 4 is 21.8 Å². The molecule has 0 radical (unpaired) electrons. The highest BCUT2D eigenvalue weighted by atomic mass is 16.3. The Morgan fingerprint density at radius 2 is 1.27 bits per heavy atom. The molecule has 0 unspecified atom stereocenters. The van der Waals surface area contributed by atoms with Crippen LogP contribution in [-0.4, -0.2) is 53.2 Å². The number of hydrogen-bond donors (Lipinski definition) is 1. The molecule has 1 N–H and O–H groups in total. The summed E-state index contributed by atoms with van der Waals surface area (Å²) >= 11 is 0. The normalized spacial score (nSPS) is 11.8. The molecule has 0 bridgehead atoms. The first-order valence-corrected chi connectivity index (χ1v) is 16.0. The van der Waals surface area contributed by atoms with E-state index < -0.39 is 0 Å². The van der Waals surface area contributed by atoms with Gasteiger partial charge in [-0.1, -0.05) is 66.7 Å². The monoisotopic (exact) mass is 595 g/mol. The highest BCUT2D eigenvalue weighted by Crippen LogP contribution is 2.38. The molecule has 45 heavy (non-hydrogen) atoms. The molecule has 0 saturated carbocycles. The van der Waals surface area contributed by atoms with Gasteiger partial charge in [0.15, 0.2) is 0 Å². The fraction of sp³-hybridized carbons (Fsp3) is 0.268. The van der Waals surface area contributed by atoms with Gasteiger partial charge in [0.25, 0.3) is 0 Å². The van der Waals surface area contributed by atoms with Gasteiger partial charge in [-0.2, -0.15) is 0 Å². The van der Waals surface area contributed by atoms with E-state index in [1.165, 1.54) is 55.3 Å². The number of likely N-dealkylation sites (N-methyl/N-ethyl adjacent to an activating group) is 1. The molecule has 0 saturated heterocycles. The summed E-state index contributed by atoms with van der Waals surface area (Å²) < 4.78 is 2.41. The number of rotatable bonds is 10. The molecule has 0 aliphatic heterocycles. The van der Waals surface area contributed by atoms with Gasteiger partial charge in [0.05, 0.1) is 11.0 Å². The predicted molar refractivity (Wildman–Crippen MR) is 191 cm³/mol. The predicted octanol–water partition coefficient (Wildman–Crippen LogP) is 9.00. The number of aromatic nitrogens is 1. The van der Waals surface area contributed by atoms with Crippen LogP contribution in [0.5, 0.6) is 5.75 Å². The average molecular weight is 596 g/mol. The second-order valence-electron chi connectivity index (χ2n) is 13.0. The molecule has 4 nitrogen and oxygen atoms in total. The van der Waals surface area contributed by atoms with E-state index in [1.54, 1.807) is 0 Å². The minimum Gasteiger partial charge on any atom is -0.507 e. The molecule has 0 spiro atoms. The maximum absolute atomic E-state index is 11.6. The lowest BCUT2D eigenvalue weighted by atomic mass is 9.92. The summed E-state index contributed by atoms with van der Waals surface area (Å²) in [6, 6.07) is 35.0. The lowest BCUT2D eigenvalue weighted by Crippen LogP contribution is -2.33. The Morgan fingerprint density at radius 3 is 1.91 bits per heavy atom. The molecule has 0 fully saturated rings. The molecular weight excluding hydrogens is 550 g/mol. The third-order valence-electron chi connectivity index (χ3n) is 9.02. The number of para-hydroxylation sites is 2. The van der Waals surface area contributed by atoms with Crippen LogP contribution >= 0.6 is 0 Å². The average Bonchev–Trinajstić information content (AvgIpc) is 3.34. The highest BCUT2D eigenvalue weighted by Gasteiger charge is 2.18. The van der Waals surface area contributed by atoms with Crippen LogP contribution in [0.2, 0.25) is 0 Å². The van der Waals surface area contributed by atoms with Gasteiger partial charge in [-0.3, -0.25) is 4.90 Å². The largest absolute Gasteiger partial charge is 0.507 e. The number of benzene rings is 5. The Hall–Kier alpha value is -4.38. The van der Waals surface area contributed by atoms with Crippen molar-refractivity contribution in [1.29, 1.82) is 0 Å². The number of aryl methyl sites for hydroxylation is 4. The maximum Gasteiger partial charge on any atom is 0.127 e. The number of phenols is 1. The first-order chi connectivity index (χ1) is 21.7. The first kappa shape index (κ1) is 30.6. The van der Waals surface area contributed by atoms with Gasteiger partial charge >= 0.3 is 0 Å². The lowest BCUT2D eigenvalue weighted by Gasteiger charge is -2.26. The summed E-state index contributed by atoms with van der Waals surface area (Å²) in [5.74, 6) is 0.400. The second kappa shape index (κ2) is 12.9. The topological polar surface area (TPSA) is 31.6 Å². The van der Waals surface area contributed by atoms with E-state index in [0.29, 0.717) is 12.3 Å². The summed E-state index contributed by atoms with van der Waals surface area (Å²) in [5.41, 5.74) is 12.9. The highest BCUT2D eigenvalue weighted by molar-refractivity contribution is 6.09. The van der Waals surface area contributed by atoms with Crippen LogP contribution in [-0.2, 0) is 13.0 Å². The minimum absolute atomic E-state index is 0.400. The standard InChI is InChI=1S/C41H45N3O/c1-28-22-32(26-34(24-28)44-38-16-9-7-14-35(38)36-15-8-10-17-39(36)44)18-19-43(21-20-42(5)6)27-33-23-29(2)25-37(41(33)45)40-30(3)12-11-13-31(40)4/h7-17,22-26,45H,18-21,27H2,1-6H3. The summed E-state index contributed by atoms with van der Waals surface area (Å²) in [6.45, 7) is 12.1. The molecule has 5 aromatic carbocycles. The molecule has 4 heteroatoms. The van der Waals surface area contributed by atoms with E-state index in [2.05, 4.69) is 153 Å². The fourth-order valence-electron chi connectivity index (χ4n) is 6.86. The van der Waals surface area contributed by atoms with Crippen LogP contribution in [0.15, 0.2) is 97.1 Å². The SMILES string of the molecule is Cc1cc(CCN(CCN(C)C)Cc2cc(C)cc(-c3c(C)cccc3C)c2O)cc(-n2c3ccccc3c3ccccc32)c1. The number of phenolic OH excluding ortho intramolecular Hbond substituents is 1. The third-order valence-corrected chi connectivity index (χ3v) is 9.02. The summed E-state index contributed by atoms with van der Waals surface area (Å²) in [5, 5.41) is 14.2. The van der Waals surface area contributed by atoms with Gasteiger partial charge in [-0.25, -0.2) is 0 Å². The Labute approximate surface area is 268 Å². The van der Waals surface area contributed by atoms with Crippen LogP contribution in [0, 0.1) is 27.7 Å². The maximum atomic E-state index is 11.6. The van der Waals surface area contributed by atoms with Crippen LogP contribution in [0.25, 0.3) is 38.6 Å². The van der Waals surface area contributed by atoms with Crippen molar-refractivity contribution in [3.63, 3.8) is 0 Å². The zero-order valence-electron chi connectivity index (χ0n) is 27.6. The number of aromatic hydroxyl groups is 1. The molecule has 0 aliphatic carbocycles. The van der Waals surface area contributed by atoms with E-state index in [1.807, 2.05) is 0 Å². The Kier molecular flexibility index (Phi) is 8.80. The van der Waals surface area contributed by atoms with E-state index in [0.717, 1.165) is 42.7 Å². The second-order valence-corrected chi connectivity index (χ2v) is 13.0. The van der Waals surface area contributed by atoms with Gasteiger partial charge in [0.2, 0.25) is 0 Å². The van der Waals surface area contributed by atoms with Gasteiger partial charge in [0.1, 0.15) is 5.75 Å². The van der Waals surface area contributed by atoms with Crippen LogP contribution in [0.4, 0.5) is 0 Å². The Morgan fingerprint density at radius 1 is 0.644 bits per heavy atom. The Bertz CT molecular complexity index is 1910. The zero-order chi connectivity index (χ0) is 31.7. The van der Waals surface area contributed by atoms with E-state index in [4.69, 9.17) is 0 Å². The van der Waals surface area contributed by atoms with E-state index >= 15 is 0 Å². The molecule has 6 aromatic rings. The first-order valence-electron chi connectivity index (χ1n) is 16.0. The number of hydrogen-bond acceptors (Lipinski definition) is 3. The van der Waals surface area contributed by atoms with Gasteiger partial charge < -0.3 is 14.6 Å². The molecule has 0 amide bonds. The number of fused-ring (bicyclic) bond motifs is 3. The van der Waals surface area contributed by atoms with E-state index in [9.17, 15) is 5.11 Å². The van der Waals surface area contributed by atoms with Crippen molar-refractivity contribution in [2.24, 2.45) is 0 Å². The van der Waals surface area contributed by atoms with Crippen molar-refractivity contribution in [3.8, 4) is 22.6 Å². The summed E-state index contributed by atoms with van der Waals surface area (Å²) in [6.07, 6.45) is 0.926. The van der Waals surface area contributed by atoms with Crippen molar-refractivity contribution in [1.82, 2.24) is 14.4 Å². The molecule has 230 valence electrons. The van der Waals surface area contributed by atoms with Crippen molar-refractivity contribution in [2.45, 2.75) is 40.7 Å². The fourth-order valence-corrected chi connectivity index (χ4v) is 6.86. The molecule has 6 rings (SSSR count). The molecular formula is C41H45N3O. The number of nitrogens with zero attached hydrogens (tertiary/aromatic N) is 3. The van der Waals surface area contributed by atoms with Crippen molar-refractivity contribution in [2.75, 3.05) is 33.7 Å². The molecule has 1 heterocycles. The molecule has 1 aromatic heterocycles. The van der Waals surface area contributed by atoms with Crippen LogP contribution < -0.4 is 0 Å². The summed E-state index contributed by atoms with van der Waals surface area (Å²) in [4.78, 5) is 4.73.